The van der Waals surface area contributed by atoms with Crippen molar-refractivity contribution in [2.45, 2.75) is 0 Å². The van der Waals surface area contributed by atoms with Crippen LogP contribution in [0.3, 0.4) is 0 Å². The Morgan fingerprint density at radius 3 is 2.67 bits per heavy atom. The molecule has 3 rings (SSSR count). The number of benzene rings is 1. The molecular formula is C14H11N5OS. The smallest absolute Gasteiger partial charge is 0.276 e. The van der Waals surface area contributed by atoms with E-state index in [-0.39, 0.29) is 5.91 Å². The summed E-state index contributed by atoms with van der Waals surface area (Å²) in [6, 6.07) is 12.5. The highest BCUT2D eigenvalue weighted by atomic mass is 32.1. The quantitative estimate of drug-likeness (QED) is 0.724. The van der Waals surface area contributed by atoms with Crippen LogP contribution in [0.2, 0.25) is 0 Å². The number of nitrogen functional groups attached to an aromatic ring is 1. The number of hydrogen-bond acceptors (Lipinski definition) is 6. The number of pyridine rings is 1. The predicted molar refractivity (Wildman–Crippen MR) is 81.9 cm³/mol. The van der Waals surface area contributed by atoms with Gasteiger partial charge in [0.15, 0.2) is 5.01 Å². The molecule has 1 aromatic carbocycles. The lowest BCUT2D eigenvalue weighted by Gasteiger charge is -2.00. The molecule has 21 heavy (non-hydrogen) atoms. The lowest BCUT2D eigenvalue weighted by molar-refractivity contribution is 0.102. The predicted octanol–water partition coefficient (Wildman–Crippen LogP) is 2.43. The van der Waals surface area contributed by atoms with Gasteiger partial charge in [0.25, 0.3) is 5.91 Å². The van der Waals surface area contributed by atoms with Crippen molar-refractivity contribution in [1.82, 2.24) is 15.2 Å². The van der Waals surface area contributed by atoms with Crippen LogP contribution in [-0.2, 0) is 0 Å². The standard InChI is InChI=1S/C14H11N5OS/c15-10-6-2-1-5-9(10)13-18-19-14(21-13)17-12(20)11-7-3-4-8-16-11/h1-8H,15H2,(H,17,19,20). The molecule has 0 aliphatic rings. The number of carbonyl (C=O) groups is 1. The van der Waals surface area contributed by atoms with Gasteiger partial charge in [-0.05, 0) is 24.3 Å². The van der Waals surface area contributed by atoms with Gasteiger partial charge in [-0.2, -0.15) is 0 Å². The highest BCUT2D eigenvalue weighted by Crippen LogP contribution is 2.30. The summed E-state index contributed by atoms with van der Waals surface area (Å²) >= 11 is 1.26. The number of para-hydroxylation sites is 1. The first-order valence-corrected chi connectivity index (χ1v) is 6.96. The van der Waals surface area contributed by atoms with Crippen molar-refractivity contribution in [2.75, 3.05) is 11.1 Å². The molecule has 0 aliphatic heterocycles. The van der Waals surface area contributed by atoms with Crippen molar-refractivity contribution >= 4 is 28.1 Å². The third-order valence-electron chi connectivity index (χ3n) is 2.73. The third-order valence-corrected chi connectivity index (χ3v) is 3.61. The molecule has 0 spiro atoms. The average Bonchev–Trinajstić information content (AvgIpc) is 2.97. The molecular weight excluding hydrogens is 286 g/mol. The normalized spacial score (nSPS) is 10.3. The van der Waals surface area contributed by atoms with Gasteiger partial charge in [0, 0.05) is 17.4 Å². The fourth-order valence-electron chi connectivity index (χ4n) is 1.73. The summed E-state index contributed by atoms with van der Waals surface area (Å²) in [5, 5.41) is 11.7. The Hall–Kier alpha value is -2.80. The minimum absolute atomic E-state index is 0.320. The zero-order chi connectivity index (χ0) is 14.7. The van der Waals surface area contributed by atoms with E-state index in [9.17, 15) is 4.79 Å². The topological polar surface area (TPSA) is 93.8 Å². The number of anilines is 2. The lowest BCUT2D eigenvalue weighted by atomic mass is 10.2. The molecule has 2 aromatic heterocycles. The van der Waals surface area contributed by atoms with E-state index in [0.717, 1.165) is 5.56 Å². The van der Waals surface area contributed by atoms with Gasteiger partial charge in [0.05, 0.1) is 0 Å². The summed E-state index contributed by atoms with van der Waals surface area (Å²) < 4.78 is 0. The summed E-state index contributed by atoms with van der Waals surface area (Å²) in [6.07, 6.45) is 1.56. The average molecular weight is 297 g/mol. The highest BCUT2D eigenvalue weighted by molar-refractivity contribution is 7.18. The van der Waals surface area contributed by atoms with Crippen LogP contribution in [0.15, 0.2) is 48.7 Å². The van der Waals surface area contributed by atoms with E-state index in [1.54, 1.807) is 30.5 Å². The van der Waals surface area contributed by atoms with Crippen LogP contribution in [0.25, 0.3) is 10.6 Å². The lowest BCUT2D eigenvalue weighted by Crippen LogP contribution is -2.13. The van der Waals surface area contributed by atoms with Crippen LogP contribution in [0, 0.1) is 0 Å². The van der Waals surface area contributed by atoms with Crippen LogP contribution < -0.4 is 11.1 Å². The van der Waals surface area contributed by atoms with Gasteiger partial charge in [0.2, 0.25) is 5.13 Å². The van der Waals surface area contributed by atoms with E-state index in [2.05, 4.69) is 20.5 Å². The SMILES string of the molecule is Nc1ccccc1-c1nnc(NC(=O)c2ccccn2)s1. The zero-order valence-corrected chi connectivity index (χ0v) is 11.7. The van der Waals surface area contributed by atoms with Crippen LogP contribution in [0.5, 0.6) is 0 Å². The fourth-order valence-corrected chi connectivity index (χ4v) is 2.52. The Labute approximate surface area is 124 Å². The van der Waals surface area contributed by atoms with Gasteiger partial charge >= 0.3 is 0 Å². The van der Waals surface area contributed by atoms with Crippen molar-refractivity contribution in [1.29, 1.82) is 0 Å². The molecule has 0 fully saturated rings. The van der Waals surface area contributed by atoms with Crippen LogP contribution >= 0.6 is 11.3 Å². The van der Waals surface area contributed by atoms with Gasteiger partial charge in [-0.3, -0.25) is 15.1 Å². The maximum Gasteiger partial charge on any atom is 0.276 e. The Morgan fingerprint density at radius 1 is 1.10 bits per heavy atom. The largest absolute Gasteiger partial charge is 0.398 e. The van der Waals surface area contributed by atoms with Gasteiger partial charge in [0.1, 0.15) is 5.69 Å². The molecule has 1 amide bonds. The van der Waals surface area contributed by atoms with E-state index in [1.807, 2.05) is 18.2 Å². The Balaban J connectivity index is 1.80. The molecule has 0 atom stereocenters. The Bertz CT molecular complexity index is 772. The van der Waals surface area contributed by atoms with Crippen LogP contribution in [-0.4, -0.2) is 21.1 Å². The molecule has 104 valence electrons. The number of nitrogens with zero attached hydrogens (tertiary/aromatic N) is 3. The second-order valence-electron chi connectivity index (χ2n) is 4.17. The van der Waals surface area contributed by atoms with Gasteiger partial charge in [-0.1, -0.05) is 29.5 Å². The van der Waals surface area contributed by atoms with E-state index in [0.29, 0.717) is 21.5 Å². The Kier molecular flexibility index (Phi) is 3.57. The van der Waals surface area contributed by atoms with Gasteiger partial charge in [-0.15, -0.1) is 10.2 Å². The number of amides is 1. The highest BCUT2D eigenvalue weighted by Gasteiger charge is 2.12. The summed E-state index contributed by atoms with van der Waals surface area (Å²) in [7, 11) is 0. The second-order valence-corrected chi connectivity index (χ2v) is 5.15. The van der Waals surface area contributed by atoms with Crippen LogP contribution in [0.4, 0.5) is 10.8 Å². The fraction of sp³-hybridized carbons (Fsp3) is 0. The third kappa shape index (κ3) is 2.87. The first-order valence-electron chi connectivity index (χ1n) is 6.15. The molecule has 0 unspecified atom stereocenters. The molecule has 0 bridgehead atoms. The van der Waals surface area contributed by atoms with Crippen molar-refractivity contribution in [3.05, 3.63) is 54.4 Å². The molecule has 0 radical (unpaired) electrons. The number of carbonyl (C=O) groups excluding carboxylic acids is 1. The van der Waals surface area contributed by atoms with Crippen molar-refractivity contribution in [2.24, 2.45) is 0 Å². The molecule has 0 saturated heterocycles. The van der Waals surface area contributed by atoms with E-state index in [4.69, 9.17) is 5.73 Å². The molecule has 3 aromatic rings. The summed E-state index contributed by atoms with van der Waals surface area (Å²) in [5.74, 6) is -0.320. The first kappa shape index (κ1) is 13.2. The van der Waals surface area contributed by atoms with Crippen molar-refractivity contribution in [3.8, 4) is 10.6 Å². The minimum atomic E-state index is -0.320. The summed E-state index contributed by atoms with van der Waals surface area (Å²) in [5.41, 5.74) is 7.64. The summed E-state index contributed by atoms with van der Waals surface area (Å²) in [4.78, 5) is 15.9. The van der Waals surface area contributed by atoms with E-state index >= 15 is 0 Å². The molecule has 3 N–H and O–H groups in total. The molecule has 2 heterocycles. The van der Waals surface area contributed by atoms with E-state index in [1.165, 1.54) is 11.3 Å². The van der Waals surface area contributed by atoms with Crippen LogP contribution in [0.1, 0.15) is 10.5 Å². The number of aromatic nitrogens is 3. The van der Waals surface area contributed by atoms with Crippen molar-refractivity contribution < 1.29 is 4.79 Å². The minimum Gasteiger partial charge on any atom is -0.398 e. The Morgan fingerprint density at radius 2 is 1.90 bits per heavy atom. The molecule has 0 saturated carbocycles. The monoisotopic (exact) mass is 297 g/mol. The first-order chi connectivity index (χ1) is 10.2. The number of nitrogens with two attached hydrogens (primary N) is 1. The van der Waals surface area contributed by atoms with Gasteiger partial charge < -0.3 is 5.73 Å². The maximum atomic E-state index is 12.0. The number of nitrogens with one attached hydrogen (secondary N) is 1. The van der Waals surface area contributed by atoms with Crippen molar-refractivity contribution in [3.63, 3.8) is 0 Å². The molecule has 0 aliphatic carbocycles. The molecule has 6 nitrogen and oxygen atoms in total. The van der Waals surface area contributed by atoms with Gasteiger partial charge in [-0.25, -0.2) is 0 Å². The number of rotatable bonds is 3. The maximum absolute atomic E-state index is 12.0. The second kappa shape index (κ2) is 5.68. The summed E-state index contributed by atoms with van der Waals surface area (Å²) in [6.45, 7) is 0. The zero-order valence-electron chi connectivity index (χ0n) is 10.9. The van der Waals surface area contributed by atoms with E-state index < -0.39 is 0 Å². The number of hydrogen-bond donors (Lipinski definition) is 2. The molecule has 7 heteroatoms.